The van der Waals surface area contributed by atoms with E-state index in [-0.39, 0.29) is 22.3 Å². The second-order valence-corrected chi connectivity index (χ2v) is 6.40. The van der Waals surface area contributed by atoms with Crippen molar-refractivity contribution in [2.45, 2.75) is 31.7 Å². The van der Waals surface area contributed by atoms with Crippen molar-refractivity contribution in [2.24, 2.45) is 0 Å². The second-order valence-electron chi connectivity index (χ2n) is 6.40. The molecule has 3 rings (SSSR count). The van der Waals surface area contributed by atoms with Crippen LogP contribution in [0.4, 0.5) is 4.39 Å². The molecule has 1 aliphatic heterocycles. The molecule has 7 heteroatoms. The molecule has 140 valence electrons. The number of aromatic carboxylic acids is 1. The van der Waals surface area contributed by atoms with Gasteiger partial charge in [-0.1, -0.05) is 36.4 Å². The van der Waals surface area contributed by atoms with Gasteiger partial charge in [0.2, 0.25) is 5.67 Å². The highest BCUT2D eigenvalue weighted by molar-refractivity contribution is 5.91. The third-order valence-corrected chi connectivity index (χ3v) is 4.59. The second kappa shape index (κ2) is 6.83. The van der Waals surface area contributed by atoms with Crippen LogP contribution in [-0.4, -0.2) is 29.7 Å². The number of hydrogen-bond donors (Lipinski definition) is 0. The normalized spacial score (nSPS) is 24.3. The van der Waals surface area contributed by atoms with Crippen LogP contribution in [0.2, 0.25) is 0 Å². The van der Waals surface area contributed by atoms with Gasteiger partial charge in [0.05, 0.1) is 11.5 Å². The average molecular weight is 371 g/mol. The molecule has 0 N–H and O–H groups in total. The lowest BCUT2D eigenvalue weighted by Crippen LogP contribution is -2.40. The molecule has 0 bridgehead atoms. The van der Waals surface area contributed by atoms with Crippen LogP contribution in [0, 0.1) is 6.92 Å². The van der Waals surface area contributed by atoms with Gasteiger partial charge in [0.15, 0.2) is 12.2 Å². The Labute approximate surface area is 154 Å². The first-order valence-corrected chi connectivity index (χ1v) is 8.20. The van der Waals surface area contributed by atoms with E-state index < -0.39 is 35.8 Å². The number of rotatable bonds is 4. The molecule has 2 aromatic carbocycles. The van der Waals surface area contributed by atoms with Gasteiger partial charge >= 0.3 is 11.9 Å². The predicted molar refractivity (Wildman–Crippen MR) is 89.5 cm³/mol. The number of alkyl halides is 1. The van der Waals surface area contributed by atoms with E-state index in [1.165, 1.54) is 37.3 Å². The van der Waals surface area contributed by atoms with Crippen molar-refractivity contribution < 1.29 is 33.4 Å². The van der Waals surface area contributed by atoms with Gasteiger partial charge in [0.1, 0.15) is 0 Å². The summed E-state index contributed by atoms with van der Waals surface area (Å²) < 4.78 is 25.4. The first-order chi connectivity index (χ1) is 12.7. The van der Waals surface area contributed by atoms with E-state index in [4.69, 9.17) is 9.47 Å². The van der Waals surface area contributed by atoms with Crippen LogP contribution in [-0.2, 0) is 14.3 Å². The summed E-state index contributed by atoms with van der Waals surface area (Å²) in [4.78, 5) is 35.6. The Morgan fingerprint density at radius 2 is 1.81 bits per heavy atom. The molecule has 1 heterocycles. The maximum atomic E-state index is 15.0. The summed E-state index contributed by atoms with van der Waals surface area (Å²) in [5.41, 5.74) is -2.04. The van der Waals surface area contributed by atoms with E-state index in [0.29, 0.717) is 0 Å². The van der Waals surface area contributed by atoms with Crippen molar-refractivity contribution >= 4 is 17.9 Å². The van der Waals surface area contributed by atoms with Gasteiger partial charge < -0.3 is 19.4 Å². The summed E-state index contributed by atoms with van der Waals surface area (Å²) in [5, 5.41) is 11.2. The highest BCUT2D eigenvalue weighted by atomic mass is 19.1. The Bertz CT molecular complexity index is 906. The molecule has 1 aliphatic rings. The fourth-order valence-electron chi connectivity index (χ4n) is 3.03. The van der Waals surface area contributed by atoms with Crippen LogP contribution in [0.15, 0.2) is 48.5 Å². The van der Waals surface area contributed by atoms with Gasteiger partial charge in [0.25, 0.3) is 0 Å². The minimum atomic E-state index is -2.58. The maximum absolute atomic E-state index is 15.0. The van der Waals surface area contributed by atoms with Crippen molar-refractivity contribution in [2.75, 3.05) is 0 Å². The van der Waals surface area contributed by atoms with E-state index >= 15 is 0 Å². The highest BCUT2D eigenvalue weighted by Gasteiger charge is 2.58. The monoisotopic (exact) mass is 371 g/mol. The topological polar surface area (TPSA) is 92.7 Å². The molecule has 2 aromatic rings. The van der Waals surface area contributed by atoms with Crippen LogP contribution in [0.5, 0.6) is 0 Å². The maximum Gasteiger partial charge on any atom is 0.348 e. The average Bonchev–Trinajstić information content (AvgIpc) is 2.85. The fourth-order valence-corrected chi connectivity index (χ4v) is 3.03. The third kappa shape index (κ3) is 3.28. The molecule has 3 atom stereocenters. The quantitative estimate of drug-likeness (QED) is 0.763. The Kier molecular flexibility index (Phi) is 4.70. The van der Waals surface area contributed by atoms with E-state index in [2.05, 4.69) is 0 Å². The van der Waals surface area contributed by atoms with Gasteiger partial charge in [-0.2, -0.15) is 0 Å². The molecule has 0 saturated carbocycles. The number of cyclic esters (lactones) is 1. The summed E-state index contributed by atoms with van der Waals surface area (Å²) in [6, 6.07) is 12.2. The Balaban J connectivity index is 1.99. The molecule has 0 aliphatic carbocycles. The molecule has 27 heavy (non-hydrogen) atoms. The lowest BCUT2D eigenvalue weighted by molar-refractivity contribution is -0.255. The van der Waals surface area contributed by atoms with Gasteiger partial charge in [-0.3, -0.25) is 0 Å². The zero-order chi connectivity index (χ0) is 19.8. The summed E-state index contributed by atoms with van der Waals surface area (Å²) in [7, 11) is 0. The Hall–Kier alpha value is -3.22. The fraction of sp³-hybridized carbons (Fsp3) is 0.250. The van der Waals surface area contributed by atoms with E-state index in [1.54, 1.807) is 18.2 Å². The number of carboxylic acid groups (broad SMARTS) is 1. The van der Waals surface area contributed by atoms with Crippen molar-refractivity contribution in [1.82, 2.24) is 0 Å². The lowest BCUT2D eigenvalue weighted by atomic mass is 9.91. The number of benzene rings is 2. The first kappa shape index (κ1) is 18.6. The molecule has 0 spiro atoms. The molecular formula is C20H16FO6-. The van der Waals surface area contributed by atoms with Gasteiger partial charge in [-0.05, 0) is 37.1 Å². The molecule has 6 nitrogen and oxygen atoms in total. The van der Waals surface area contributed by atoms with Crippen LogP contribution >= 0.6 is 0 Å². The van der Waals surface area contributed by atoms with Crippen molar-refractivity contribution in [3.8, 4) is 0 Å². The number of hydrogen-bond acceptors (Lipinski definition) is 6. The first-order valence-electron chi connectivity index (χ1n) is 8.20. The van der Waals surface area contributed by atoms with Gasteiger partial charge in [-0.25, -0.2) is 14.0 Å². The van der Waals surface area contributed by atoms with E-state index in [9.17, 15) is 23.9 Å². The third-order valence-electron chi connectivity index (χ3n) is 4.59. The molecule has 0 aromatic heterocycles. The largest absolute Gasteiger partial charge is 0.545 e. The van der Waals surface area contributed by atoms with Crippen LogP contribution in [0.1, 0.15) is 44.9 Å². The Morgan fingerprint density at radius 3 is 2.44 bits per heavy atom. The van der Waals surface area contributed by atoms with E-state index in [0.717, 1.165) is 6.92 Å². The highest BCUT2D eigenvalue weighted by Crippen LogP contribution is 2.42. The summed E-state index contributed by atoms with van der Waals surface area (Å²) >= 11 is 0. The SMILES string of the molecule is Cc1c(C(=O)[O-])cccc1[C@H]1OC(=O)[C@@](C)(F)[C@@H]1OC(=O)c1ccccc1. The number of carbonyl (C=O) groups excluding carboxylic acids is 3. The predicted octanol–water partition coefficient (Wildman–Crippen LogP) is 1.91. The minimum absolute atomic E-state index is 0.121. The smallest absolute Gasteiger partial charge is 0.348 e. The number of carbonyl (C=O) groups is 3. The zero-order valence-electron chi connectivity index (χ0n) is 14.6. The molecule has 0 unspecified atom stereocenters. The number of halogens is 1. The van der Waals surface area contributed by atoms with Crippen molar-refractivity contribution in [3.05, 3.63) is 70.8 Å². The molecular weight excluding hydrogens is 355 g/mol. The van der Waals surface area contributed by atoms with E-state index in [1.807, 2.05) is 0 Å². The van der Waals surface area contributed by atoms with Crippen LogP contribution in [0.25, 0.3) is 0 Å². The summed E-state index contributed by atoms with van der Waals surface area (Å²) in [5.74, 6) is -3.42. The summed E-state index contributed by atoms with van der Waals surface area (Å²) in [6.45, 7) is 2.45. The number of ether oxygens (including phenoxy) is 2. The van der Waals surface area contributed by atoms with Gasteiger partial charge in [0, 0.05) is 5.56 Å². The standard InChI is InChI=1S/C20H17FO6/c1-11-13(9-6-10-14(11)17(22)23)15-16(20(2,21)19(25)26-15)27-18(24)12-7-4-3-5-8-12/h3-10,15-16H,1-2H3,(H,22,23)/p-1/t15-,16-,20+/m1/s1. The van der Waals surface area contributed by atoms with Crippen LogP contribution < -0.4 is 5.11 Å². The zero-order valence-corrected chi connectivity index (χ0v) is 14.6. The van der Waals surface area contributed by atoms with Crippen molar-refractivity contribution in [1.29, 1.82) is 0 Å². The molecule has 0 amide bonds. The molecule has 1 saturated heterocycles. The molecule has 1 fully saturated rings. The number of esters is 2. The minimum Gasteiger partial charge on any atom is -0.545 e. The number of carboxylic acids is 1. The van der Waals surface area contributed by atoms with Crippen molar-refractivity contribution in [3.63, 3.8) is 0 Å². The lowest BCUT2D eigenvalue weighted by Gasteiger charge is -2.24. The van der Waals surface area contributed by atoms with Crippen LogP contribution in [0.3, 0.4) is 0 Å². The van der Waals surface area contributed by atoms with Gasteiger partial charge in [-0.15, -0.1) is 0 Å². The summed E-state index contributed by atoms with van der Waals surface area (Å²) in [6.07, 6.45) is -2.85. The molecule has 0 radical (unpaired) electrons. The Morgan fingerprint density at radius 1 is 1.15 bits per heavy atom.